The number of nitriles is 1. The standard InChI is InChI=1S/C31H27N3O7S/c1-21-12-13-24(42(37,38)34-14-16-39-17-15-34)18-25(21)31(36)40-20-27(35)33-30-26(19-32)28(22-8-4-2-5-9-22)29(41-30)23-10-6-3-7-11-23/h2-13,18H,14-17,20H2,1H3,(H,33,35). The quantitative estimate of drug-likeness (QED) is 0.296. The molecule has 0 unspecified atom stereocenters. The fourth-order valence-electron chi connectivity index (χ4n) is 4.59. The highest BCUT2D eigenvalue weighted by Crippen LogP contribution is 2.41. The van der Waals surface area contributed by atoms with E-state index in [0.29, 0.717) is 22.5 Å². The molecule has 5 rings (SSSR count). The minimum absolute atomic E-state index is 0.0191. The first-order valence-corrected chi connectivity index (χ1v) is 14.6. The van der Waals surface area contributed by atoms with Gasteiger partial charge in [0.05, 0.1) is 23.7 Å². The monoisotopic (exact) mass is 585 g/mol. The van der Waals surface area contributed by atoms with Gasteiger partial charge in [-0.05, 0) is 30.2 Å². The maximum atomic E-state index is 13.1. The second kappa shape index (κ2) is 12.4. The molecule has 0 aliphatic carbocycles. The number of sulfonamides is 1. The van der Waals surface area contributed by atoms with Crippen molar-refractivity contribution in [2.75, 3.05) is 38.2 Å². The van der Waals surface area contributed by atoms with E-state index in [-0.39, 0.29) is 48.2 Å². The maximum Gasteiger partial charge on any atom is 0.338 e. The van der Waals surface area contributed by atoms with Gasteiger partial charge in [-0.15, -0.1) is 0 Å². The molecule has 0 radical (unpaired) electrons. The van der Waals surface area contributed by atoms with Gasteiger partial charge in [0.1, 0.15) is 17.4 Å². The number of carbonyl (C=O) groups excluding carboxylic acids is 2. The smallest absolute Gasteiger partial charge is 0.338 e. The van der Waals surface area contributed by atoms with Gasteiger partial charge in [0.2, 0.25) is 15.9 Å². The number of amides is 1. The summed E-state index contributed by atoms with van der Waals surface area (Å²) in [5.74, 6) is -1.27. The van der Waals surface area contributed by atoms with E-state index in [9.17, 15) is 23.3 Å². The van der Waals surface area contributed by atoms with Gasteiger partial charge in [-0.3, -0.25) is 10.1 Å². The Morgan fingerprint density at radius 1 is 0.976 bits per heavy atom. The number of carbonyl (C=O) groups is 2. The van der Waals surface area contributed by atoms with Gasteiger partial charge >= 0.3 is 5.97 Å². The van der Waals surface area contributed by atoms with Crippen LogP contribution in [0.4, 0.5) is 5.88 Å². The average Bonchev–Trinajstić information content (AvgIpc) is 3.39. The Morgan fingerprint density at radius 3 is 2.26 bits per heavy atom. The number of benzene rings is 3. The molecule has 0 spiro atoms. The Kier molecular flexibility index (Phi) is 8.49. The van der Waals surface area contributed by atoms with Crippen LogP contribution in [0.3, 0.4) is 0 Å². The van der Waals surface area contributed by atoms with Crippen molar-refractivity contribution < 1.29 is 31.9 Å². The zero-order valence-corrected chi connectivity index (χ0v) is 23.5. The number of furan rings is 1. The van der Waals surface area contributed by atoms with Crippen LogP contribution in [-0.4, -0.2) is 57.5 Å². The second-order valence-corrected chi connectivity index (χ2v) is 11.4. The number of nitrogens with one attached hydrogen (secondary N) is 1. The first-order chi connectivity index (χ1) is 20.3. The van der Waals surface area contributed by atoms with Crippen molar-refractivity contribution in [2.24, 2.45) is 0 Å². The number of rotatable bonds is 8. The third-order valence-electron chi connectivity index (χ3n) is 6.74. The molecule has 11 heteroatoms. The molecule has 4 aromatic rings. The molecule has 1 fully saturated rings. The molecule has 1 aliphatic heterocycles. The van der Waals surface area contributed by atoms with E-state index < -0.39 is 28.5 Å². The molecule has 10 nitrogen and oxygen atoms in total. The largest absolute Gasteiger partial charge is 0.452 e. The maximum absolute atomic E-state index is 13.1. The Bertz CT molecular complexity index is 1760. The topological polar surface area (TPSA) is 139 Å². The number of hydrogen-bond acceptors (Lipinski definition) is 8. The Morgan fingerprint density at radius 2 is 1.62 bits per heavy atom. The van der Waals surface area contributed by atoms with Crippen LogP contribution in [0.1, 0.15) is 21.5 Å². The summed E-state index contributed by atoms with van der Waals surface area (Å²) in [4.78, 5) is 25.7. The number of ether oxygens (including phenoxy) is 2. The number of esters is 1. The molecular weight excluding hydrogens is 558 g/mol. The van der Waals surface area contributed by atoms with Crippen molar-refractivity contribution in [2.45, 2.75) is 11.8 Å². The molecule has 1 aromatic heterocycles. The van der Waals surface area contributed by atoms with Crippen molar-refractivity contribution in [1.82, 2.24) is 4.31 Å². The van der Waals surface area contributed by atoms with Crippen LogP contribution in [0, 0.1) is 18.3 Å². The van der Waals surface area contributed by atoms with Crippen LogP contribution in [0.15, 0.2) is 88.2 Å². The molecule has 214 valence electrons. The zero-order valence-electron chi connectivity index (χ0n) is 22.7. The summed E-state index contributed by atoms with van der Waals surface area (Å²) in [6.45, 7) is 1.96. The predicted molar refractivity (Wildman–Crippen MR) is 154 cm³/mol. The van der Waals surface area contributed by atoms with E-state index in [2.05, 4.69) is 11.4 Å². The van der Waals surface area contributed by atoms with E-state index in [0.717, 1.165) is 5.56 Å². The number of aryl methyl sites for hydroxylation is 1. The summed E-state index contributed by atoms with van der Waals surface area (Å²) in [6, 6.07) is 24.7. The van der Waals surface area contributed by atoms with Crippen molar-refractivity contribution in [1.29, 1.82) is 5.26 Å². The molecular formula is C31H27N3O7S. The van der Waals surface area contributed by atoms with Crippen molar-refractivity contribution in [3.8, 4) is 28.5 Å². The van der Waals surface area contributed by atoms with Crippen LogP contribution < -0.4 is 5.32 Å². The minimum atomic E-state index is -3.84. The molecule has 0 atom stereocenters. The molecule has 3 aromatic carbocycles. The van der Waals surface area contributed by atoms with Gasteiger partial charge in [-0.2, -0.15) is 9.57 Å². The van der Waals surface area contributed by atoms with Crippen LogP contribution >= 0.6 is 0 Å². The van der Waals surface area contributed by atoms with Crippen molar-refractivity contribution in [3.63, 3.8) is 0 Å². The number of morpholine rings is 1. The SMILES string of the molecule is Cc1ccc(S(=O)(=O)N2CCOCC2)cc1C(=O)OCC(=O)Nc1oc(-c2ccccc2)c(-c2ccccc2)c1C#N. The van der Waals surface area contributed by atoms with Gasteiger partial charge in [0.15, 0.2) is 6.61 Å². The lowest BCUT2D eigenvalue weighted by Crippen LogP contribution is -2.40. The van der Waals surface area contributed by atoms with E-state index in [1.54, 1.807) is 6.92 Å². The summed E-state index contributed by atoms with van der Waals surface area (Å²) >= 11 is 0. The first kappa shape index (κ1) is 28.8. The highest BCUT2D eigenvalue weighted by molar-refractivity contribution is 7.89. The number of anilines is 1. The van der Waals surface area contributed by atoms with Crippen molar-refractivity contribution >= 4 is 27.8 Å². The Hall–Kier alpha value is -4.76. The predicted octanol–water partition coefficient (Wildman–Crippen LogP) is 4.61. The third-order valence-corrected chi connectivity index (χ3v) is 8.64. The van der Waals surface area contributed by atoms with Crippen LogP contribution in [0.25, 0.3) is 22.5 Å². The number of nitrogens with zero attached hydrogens (tertiary/aromatic N) is 2. The van der Waals surface area contributed by atoms with Crippen molar-refractivity contribution in [3.05, 3.63) is 95.6 Å². The lowest BCUT2D eigenvalue weighted by Gasteiger charge is -2.26. The molecule has 1 aliphatic rings. The molecule has 1 N–H and O–H groups in total. The molecule has 0 bridgehead atoms. The Balaban J connectivity index is 1.34. The van der Waals surface area contributed by atoms with Gasteiger partial charge in [0, 0.05) is 24.2 Å². The second-order valence-electron chi connectivity index (χ2n) is 9.47. The fraction of sp³-hybridized carbons (Fsp3) is 0.194. The van der Waals surface area contributed by atoms with Gasteiger partial charge < -0.3 is 13.9 Å². The van der Waals surface area contributed by atoms with E-state index in [4.69, 9.17) is 13.9 Å². The van der Waals surface area contributed by atoms with Crippen LogP contribution in [-0.2, 0) is 24.3 Å². The summed E-state index contributed by atoms with van der Waals surface area (Å²) in [6.07, 6.45) is 0. The van der Waals surface area contributed by atoms with Gasteiger partial charge in [0.25, 0.3) is 5.91 Å². The lowest BCUT2D eigenvalue weighted by atomic mass is 9.98. The average molecular weight is 586 g/mol. The summed E-state index contributed by atoms with van der Waals surface area (Å²) in [5, 5.41) is 12.6. The molecule has 2 heterocycles. The zero-order chi connectivity index (χ0) is 29.7. The van der Waals surface area contributed by atoms with Crippen LogP contribution in [0.5, 0.6) is 0 Å². The Labute approximate surface area is 243 Å². The van der Waals surface area contributed by atoms with Gasteiger partial charge in [-0.1, -0.05) is 66.7 Å². The summed E-state index contributed by atoms with van der Waals surface area (Å²) < 4.78 is 43.9. The minimum Gasteiger partial charge on any atom is -0.452 e. The van der Waals surface area contributed by atoms with E-state index in [1.807, 2.05) is 60.7 Å². The normalized spacial score (nSPS) is 13.7. The summed E-state index contributed by atoms with van der Waals surface area (Å²) in [5.41, 5.74) is 2.58. The third kappa shape index (κ3) is 5.96. The lowest BCUT2D eigenvalue weighted by molar-refractivity contribution is -0.119. The van der Waals surface area contributed by atoms with E-state index in [1.165, 1.54) is 22.5 Å². The van der Waals surface area contributed by atoms with E-state index >= 15 is 0 Å². The molecule has 1 amide bonds. The fourth-order valence-corrected chi connectivity index (χ4v) is 6.02. The highest BCUT2D eigenvalue weighted by Gasteiger charge is 2.28. The molecule has 0 saturated carbocycles. The summed E-state index contributed by atoms with van der Waals surface area (Å²) in [7, 11) is -3.84. The molecule has 42 heavy (non-hydrogen) atoms. The van der Waals surface area contributed by atoms with Gasteiger partial charge in [-0.25, -0.2) is 13.2 Å². The number of hydrogen-bond donors (Lipinski definition) is 1. The molecule has 1 saturated heterocycles. The first-order valence-electron chi connectivity index (χ1n) is 13.1. The highest BCUT2D eigenvalue weighted by atomic mass is 32.2. The van der Waals surface area contributed by atoms with Crippen LogP contribution in [0.2, 0.25) is 0 Å².